The van der Waals surface area contributed by atoms with Gasteiger partial charge in [0.2, 0.25) is 17.6 Å². The normalized spacial score (nSPS) is 14.7. The van der Waals surface area contributed by atoms with Crippen LogP contribution in [-0.2, 0) is 11.2 Å². The highest BCUT2D eigenvalue weighted by Crippen LogP contribution is 2.21. The number of carbonyl (C=O) groups excluding carboxylic acids is 2. The van der Waals surface area contributed by atoms with E-state index in [0.717, 1.165) is 17.7 Å². The first-order valence-corrected chi connectivity index (χ1v) is 10.4. The first-order valence-electron chi connectivity index (χ1n) is 9.54. The molecular formula is C20H21N5O3S. The molecular weight excluding hydrogens is 390 g/mol. The Labute approximate surface area is 172 Å². The fourth-order valence-electron chi connectivity index (χ4n) is 3.27. The number of hydrogen-bond acceptors (Lipinski definition) is 7. The highest BCUT2D eigenvalue weighted by atomic mass is 32.1. The van der Waals surface area contributed by atoms with E-state index in [1.165, 1.54) is 0 Å². The van der Waals surface area contributed by atoms with Crippen LogP contribution in [0.5, 0.6) is 0 Å². The lowest BCUT2D eigenvalue weighted by molar-refractivity contribution is -0.132. The Hall–Kier alpha value is -3.07. The Morgan fingerprint density at radius 3 is 2.83 bits per heavy atom. The van der Waals surface area contributed by atoms with Crippen LogP contribution < -0.4 is 5.32 Å². The molecule has 0 aliphatic carbocycles. The molecule has 0 atom stereocenters. The molecule has 1 aliphatic rings. The fourth-order valence-corrected chi connectivity index (χ4v) is 3.92. The molecule has 0 spiro atoms. The minimum atomic E-state index is -0.124. The van der Waals surface area contributed by atoms with Crippen LogP contribution in [0.15, 0.2) is 46.6 Å². The van der Waals surface area contributed by atoms with Crippen molar-refractivity contribution < 1.29 is 14.1 Å². The van der Waals surface area contributed by atoms with Gasteiger partial charge in [0, 0.05) is 44.4 Å². The van der Waals surface area contributed by atoms with Crippen molar-refractivity contribution in [1.29, 1.82) is 0 Å². The zero-order valence-electron chi connectivity index (χ0n) is 15.8. The lowest BCUT2D eigenvalue weighted by Gasteiger charge is -2.32. The number of amides is 2. The van der Waals surface area contributed by atoms with Crippen LogP contribution in [0.3, 0.4) is 0 Å². The van der Waals surface area contributed by atoms with Crippen LogP contribution in [0, 0.1) is 0 Å². The summed E-state index contributed by atoms with van der Waals surface area (Å²) in [4.78, 5) is 35.8. The van der Waals surface area contributed by atoms with Crippen LogP contribution >= 0.6 is 11.3 Å². The zero-order chi connectivity index (χ0) is 20.1. The summed E-state index contributed by atoms with van der Waals surface area (Å²) < 4.78 is 5.25. The molecule has 0 bridgehead atoms. The Kier molecular flexibility index (Phi) is 5.95. The van der Waals surface area contributed by atoms with Crippen LogP contribution in [0.1, 0.15) is 35.5 Å². The average Bonchev–Trinajstić information content (AvgIpc) is 3.45. The molecule has 0 unspecified atom stereocenters. The minimum Gasteiger partial charge on any atom is -0.349 e. The summed E-state index contributed by atoms with van der Waals surface area (Å²) in [6.07, 6.45) is 5.42. The maximum absolute atomic E-state index is 12.5. The fraction of sp³-hybridized carbons (Fsp3) is 0.350. The lowest BCUT2D eigenvalue weighted by atomic mass is 10.0. The van der Waals surface area contributed by atoms with E-state index in [1.54, 1.807) is 35.9 Å². The summed E-state index contributed by atoms with van der Waals surface area (Å²) in [5, 5.41) is 8.94. The molecule has 150 valence electrons. The van der Waals surface area contributed by atoms with E-state index < -0.39 is 0 Å². The van der Waals surface area contributed by atoms with Gasteiger partial charge in [0.25, 0.3) is 5.91 Å². The number of aromatic nitrogens is 3. The standard InChI is InChI=1S/C20H21N5O3S/c26-18(6-5-17-23-19(24-28-17)16-4-2-12-29-16)25-10-7-15(8-11-25)22-20(27)14-3-1-9-21-13-14/h1-4,9,12-13,15H,5-8,10-11H2,(H,22,27). The topological polar surface area (TPSA) is 101 Å². The number of pyridine rings is 1. The van der Waals surface area contributed by atoms with E-state index in [-0.39, 0.29) is 17.9 Å². The Morgan fingerprint density at radius 1 is 1.24 bits per heavy atom. The molecule has 4 heterocycles. The molecule has 29 heavy (non-hydrogen) atoms. The number of likely N-dealkylation sites (tertiary alicyclic amines) is 1. The van der Waals surface area contributed by atoms with Gasteiger partial charge in [-0.05, 0) is 36.4 Å². The highest BCUT2D eigenvalue weighted by Gasteiger charge is 2.24. The molecule has 9 heteroatoms. The van der Waals surface area contributed by atoms with E-state index >= 15 is 0 Å². The maximum Gasteiger partial charge on any atom is 0.253 e. The quantitative estimate of drug-likeness (QED) is 0.669. The van der Waals surface area contributed by atoms with Gasteiger partial charge < -0.3 is 14.7 Å². The monoisotopic (exact) mass is 411 g/mol. The highest BCUT2D eigenvalue weighted by molar-refractivity contribution is 7.13. The van der Waals surface area contributed by atoms with E-state index in [2.05, 4.69) is 20.4 Å². The van der Waals surface area contributed by atoms with E-state index in [0.29, 0.717) is 43.2 Å². The van der Waals surface area contributed by atoms with Crippen molar-refractivity contribution in [2.24, 2.45) is 0 Å². The Balaban J connectivity index is 1.22. The van der Waals surface area contributed by atoms with Gasteiger partial charge in [-0.2, -0.15) is 4.98 Å². The second-order valence-corrected chi connectivity index (χ2v) is 7.81. The van der Waals surface area contributed by atoms with E-state index in [9.17, 15) is 9.59 Å². The van der Waals surface area contributed by atoms with Crippen molar-refractivity contribution in [3.05, 3.63) is 53.5 Å². The van der Waals surface area contributed by atoms with Crippen molar-refractivity contribution in [2.45, 2.75) is 31.7 Å². The van der Waals surface area contributed by atoms with Gasteiger partial charge in [-0.15, -0.1) is 11.3 Å². The Morgan fingerprint density at radius 2 is 2.10 bits per heavy atom. The number of rotatable bonds is 6. The molecule has 2 amide bonds. The molecule has 0 aromatic carbocycles. The number of carbonyl (C=O) groups is 2. The third kappa shape index (κ3) is 4.86. The molecule has 4 rings (SSSR count). The van der Waals surface area contributed by atoms with Crippen molar-refractivity contribution in [3.8, 4) is 10.7 Å². The van der Waals surface area contributed by atoms with E-state index in [4.69, 9.17) is 4.52 Å². The number of aryl methyl sites for hydroxylation is 1. The van der Waals surface area contributed by atoms with Crippen LogP contribution in [0.4, 0.5) is 0 Å². The van der Waals surface area contributed by atoms with Crippen LogP contribution in [0.25, 0.3) is 10.7 Å². The number of thiophene rings is 1. The number of hydrogen-bond donors (Lipinski definition) is 1. The third-order valence-corrected chi connectivity index (χ3v) is 5.73. The van der Waals surface area contributed by atoms with Crippen molar-refractivity contribution >= 4 is 23.2 Å². The lowest BCUT2D eigenvalue weighted by Crippen LogP contribution is -2.46. The first kappa shape index (κ1) is 19.3. The second kappa shape index (κ2) is 8.95. The summed E-state index contributed by atoms with van der Waals surface area (Å²) in [6, 6.07) is 7.41. The van der Waals surface area contributed by atoms with Gasteiger partial charge >= 0.3 is 0 Å². The minimum absolute atomic E-state index is 0.0658. The van der Waals surface area contributed by atoms with Gasteiger partial charge in [0.1, 0.15) is 0 Å². The van der Waals surface area contributed by atoms with E-state index in [1.807, 2.05) is 22.4 Å². The summed E-state index contributed by atoms with van der Waals surface area (Å²) in [5.74, 6) is 0.978. The molecule has 1 N–H and O–H groups in total. The van der Waals surface area contributed by atoms with Crippen LogP contribution in [0.2, 0.25) is 0 Å². The summed E-state index contributed by atoms with van der Waals surface area (Å²) in [6.45, 7) is 1.25. The van der Waals surface area contributed by atoms with Gasteiger partial charge in [-0.1, -0.05) is 11.2 Å². The largest absolute Gasteiger partial charge is 0.349 e. The van der Waals surface area contributed by atoms with Gasteiger partial charge in [-0.25, -0.2) is 0 Å². The number of piperidine rings is 1. The van der Waals surface area contributed by atoms with Crippen LogP contribution in [-0.4, -0.2) is 51.0 Å². The predicted octanol–water partition coefficient (Wildman–Crippen LogP) is 2.55. The molecule has 1 aliphatic heterocycles. The molecule has 8 nitrogen and oxygen atoms in total. The number of nitrogens with zero attached hydrogens (tertiary/aromatic N) is 4. The zero-order valence-corrected chi connectivity index (χ0v) is 16.6. The second-order valence-electron chi connectivity index (χ2n) is 6.86. The Bertz CT molecular complexity index is 950. The third-order valence-electron chi connectivity index (χ3n) is 4.87. The van der Waals surface area contributed by atoms with Gasteiger partial charge in [0.05, 0.1) is 10.4 Å². The van der Waals surface area contributed by atoms with Crippen molar-refractivity contribution in [1.82, 2.24) is 25.3 Å². The first-order chi connectivity index (χ1) is 14.2. The summed E-state index contributed by atoms with van der Waals surface area (Å²) in [7, 11) is 0. The molecule has 3 aromatic rings. The van der Waals surface area contributed by atoms with Gasteiger partial charge in [-0.3, -0.25) is 14.6 Å². The predicted molar refractivity (Wildman–Crippen MR) is 107 cm³/mol. The molecule has 0 radical (unpaired) electrons. The molecule has 1 fully saturated rings. The molecule has 3 aromatic heterocycles. The van der Waals surface area contributed by atoms with Crippen molar-refractivity contribution in [2.75, 3.05) is 13.1 Å². The number of nitrogens with one attached hydrogen (secondary N) is 1. The SMILES string of the molecule is O=C(NC1CCN(C(=O)CCc2nc(-c3cccs3)no2)CC1)c1cccnc1. The summed E-state index contributed by atoms with van der Waals surface area (Å²) in [5.41, 5.74) is 0.549. The molecule has 0 saturated carbocycles. The molecule has 1 saturated heterocycles. The average molecular weight is 411 g/mol. The van der Waals surface area contributed by atoms with Crippen molar-refractivity contribution in [3.63, 3.8) is 0 Å². The van der Waals surface area contributed by atoms with Gasteiger partial charge in [0.15, 0.2) is 0 Å². The summed E-state index contributed by atoms with van der Waals surface area (Å²) >= 11 is 1.55. The maximum atomic E-state index is 12.5. The smallest absolute Gasteiger partial charge is 0.253 e.